The Hall–Kier alpha value is -0.520. The number of hydrogen-bond acceptors (Lipinski definition) is 2. The molecular weight excluding hydrogens is 152 g/mol. The molecule has 1 saturated heterocycles. The predicted octanol–water partition coefficient (Wildman–Crippen LogP) is 1.90. The minimum absolute atomic E-state index is 0.0769. The summed E-state index contributed by atoms with van der Waals surface area (Å²) in [6, 6.07) is 0. The van der Waals surface area contributed by atoms with Gasteiger partial charge in [0.15, 0.2) is 12.6 Å². The average Bonchev–Trinajstić information content (AvgIpc) is 2.04. The highest BCUT2D eigenvalue weighted by molar-refractivity contribution is 5.06. The Morgan fingerprint density at radius 3 is 2.08 bits per heavy atom. The van der Waals surface area contributed by atoms with Crippen LogP contribution in [0.5, 0.6) is 0 Å². The lowest BCUT2D eigenvalue weighted by atomic mass is 9.74. The Balaban J connectivity index is 1.98. The first-order valence-electron chi connectivity index (χ1n) is 4.44. The van der Waals surface area contributed by atoms with Gasteiger partial charge in [-0.05, 0) is 19.8 Å². The normalized spacial score (nSPS) is 30.7. The molecule has 0 amide bonds. The van der Waals surface area contributed by atoms with Crippen molar-refractivity contribution in [3.8, 4) is 12.3 Å². The second-order valence-corrected chi connectivity index (χ2v) is 4.02. The summed E-state index contributed by atoms with van der Waals surface area (Å²) in [5.41, 5.74) is 0.0769. The lowest BCUT2D eigenvalue weighted by molar-refractivity contribution is -0.409. The van der Waals surface area contributed by atoms with Gasteiger partial charge in [0.1, 0.15) is 0 Å². The maximum Gasteiger partial charge on any atom is 0.174 e. The minimum atomic E-state index is -0.240. The molecule has 1 aliphatic carbocycles. The van der Waals surface area contributed by atoms with Gasteiger partial charge in [0.25, 0.3) is 0 Å². The summed E-state index contributed by atoms with van der Waals surface area (Å²) >= 11 is 0. The molecule has 0 N–H and O–H groups in total. The minimum Gasteiger partial charge on any atom is -0.324 e. The number of rotatable bonds is 0. The van der Waals surface area contributed by atoms with Gasteiger partial charge in [-0.2, -0.15) is 0 Å². The van der Waals surface area contributed by atoms with Crippen molar-refractivity contribution in [1.29, 1.82) is 0 Å². The monoisotopic (exact) mass is 166 g/mol. The quantitative estimate of drug-likeness (QED) is 0.512. The van der Waals surface area contributed by atoms with E-state index in [-0.39, 0.29) is 11.2 Å². The van der Waals surface area contributed by atoms with Crippen LogP contribution in [0, 0.1) is 17.8 Å². The van der Waals surface area contributed by atoms with Crippen LogP contribution in [0.2, 0.25) is 0 Å². The van der Waals surface area contributed by atoms with Crippen LogP contribution >= 0.6 is 0 Å². The molecule has 0 aromatic rings. The highest BCUT2D eigenvalue weighted by Gasteiger charge is 2.46. The van der Waals surface area contributed by atoms with Gasteiger partial charge >= 0.3 is 0 Å². The molecule has 12 heavy (non-hydrogen) atoms. The second kappa shape index (κ2) is 2.48. The van der Waals surface area contributed by atoms with E-state index in [0.29, 0.717) is 6.79 Å². The first-order chi connectivity index (χ1) is 5.68. The van der Waals surface area contributed by atoms with Crippen LogP contribution in [-0.2, 0) is 9.47 Å². The van der Waals surface area contributed by atoms with Crippen molar-refractivity contribution in [2.24, 2.45) is 5.41 Å². The molecule has 2 heteroatoms. The lowest BCUT2D eigenvalue weighted by Crippen LogP contribution is -2.50. The second-order valence-electron chi connectivity index (χ2n) is 4.02. The highest BCUT2D eigenvalue weighted by Crippen LogP contribution is 2.45. The van der Waals surface area contributed by atoms with E-state index in [4.69, 9.17) is 15.9 Å². The fraction of sp³-hybridized carbons (Fsp3) is 0.800. The van der Waals surface area contributed by atoms with Gasteiger partial charge in [-0.25, -0.2) is 0 Å². The maximum atomic E-state index is 5.45. The molecule has 1 spiro atoms. The molecule has 0 aromatic carbocycles. The smallest absolute Gasteiger partial charge is 0.174 e. The van der Waals surface area contributed by atoms with Crippen LogP contribution in [0.15, 0.2) is 0 Å². The zero-order valence-electron chi connectivity index (χ0n) is 7.43. The summed E-state index contributed by atoms with van der Waals surface area (Å²) in [6.07, 6.45) is 9.39. The lowest BCUT2D eigenvalue weighted by Gasteiger charge is -2.47. The molecule has 1 aliphatic heterocycles. The Bertz CT molecular complexity index is 212. The van der Waals surface area contributed by atoms with Crippen LogP contribution in [0.1, 0.15) is 32.6 Å². The number of terminal acetylenes is 1. The van der Waals surface area contributed by atoms with E-state index in [1.807, 2.05) is 0 Å². The van der Waals surface area contributed by atoms with Crippen molar-refractivity contribution in [2.75, 3.05) is 6.79 Å². The van der Waals surface area contributed by atoms with Crippen molar-refractivity contribution < 1.29 is 9.47 Å². The van der Waals surface area contributed by atoms with Gasteiger partial charge in [-0.1, -0.05) is 0 Å². The van der Waals surface area contributed by atoms with E-state index in [2.05, 4.69) is 12.8 Å². The molecule has 1 saturated carbocycles. The summed E-state index contributed by atoms with van der Waals surface area (Å²) in [4.78, 5) is 0. The fourth-order valence-corrected chi connectivity index (χ4v) is 1.84. The first kappa shape index (κ1) is 8.10. The molecular formula is C10H14O2. The van der Waals surface area contributed by atoms with Gasteiger partial charge in [0.2, 0.25) is 0 Å². The Morgan fingerprint density at radius 1 is 1.17 bits per heavy atom. The van der Waals surface area contributed by atoms with E-state index in [9.17, 15) is 0 Å². The Kier molecular flexibility index (Phi) is 1.67. The van der Waals surface area contributed by atoms with Crippen LogP contribution in [-0.4, -0.2) is 12.6 Å². The van der Waals surface area contributed by atoms with Crippen LogP contribution in [0.4, 0.5) is 0 Å². The molecule has 66 valence electrons. The SMILES string of the molecule is C#CC1(C)CCC2(CC1)OCO2. The Morgan fingerprint density at radius 2 is 1.75 bits per heavy atom. The molecule has 0 unspecified atom stereocenters. The van der Waals surface area contributed by atoms with E-state index < -0.39 is 0 Å². The molecule has 2 fully saturated rings. The largest absolute Gasteiger partial charge is 0.324 e. The van der Waals surface area contributed by atoms with Gasteiger partial charge in [0.05, 0.1) is 0 Å². The predicted molar refractivity (Wildman–Crippen MR) is 45.2 cm³/mol. The molecule has 0 bridgehead atoms. The molecule has 2 nitrogen and oxygen atoms in total. The van der Waals surface area contributed by atoms with E-state index >= 15 is 0 Å². The zero-order chi connectivity index (χ0) is 8.66. The fourth-order valence-electron chi connectivity index (χ4n) is 1.84. The summed E-state index contributed by atoms with van der Waals surface area (Å²) < 4.78 is 10.8. The molecule has 1 heterocycles. The molecule has 0 aromatic heterocycles. The van der Waals surface area contributed by atoms with E-state index in [1.165, 1.54) is 0 Å². The van der Waals surface area contributed by atoms with E-state index in [0.717, 1.165) is 25.7 Å². The molecule has 2 rings (SSSR count). The third-order valence-electron chi connectivity index (χ3n) is 3.11. The van der Waals surface area contributed by atoms with Crippen molar-refractivity contribution in [3.63, 3.8) is 0 Å². The maximum absolute atomic E-state index is 5.45. The van der Waals surface area contributed by atoms with Gasteiger partial charge in [-0.15, -0.1) is 12.3 Å². The van der Waals surface area contributed by atoms with Gasteiger partial charge in [-0.3, -0.25) is 0 Å². The zero-order valence-corrected chi connectivity index (χ0v) is 7.43. The third-order valence-corrected chi connectivity index (χ3v) is 3.11. The highest BCUT2D eigenvalue weighted by atomic mass is 16.9. The average molecular weight is 166 g/mol. The summed E-state index contributed by atoms with van der Waals surface area (Å²) in [7, 11) is 0. The van der Waals surface area contributed by atoms with Crippen molar-refractivity contribution in [1.82, 2.24) is 0 Å². The molecule has 0 atom stereocenters. The topological polar surface area (TPSA) is 18.5 Å². The van der Waals surface area contributed by atoms with Crippen LogP contribution in [0.3, 0.4) is 0 Å². The van der Waals surface area contributed by atoms with E-state index in [1.54, 1.807) is 0 Å². The van der Waals surface area contributed by atoms with Crippen LogP contribution < -0.4 is 0 Å². The van der Waals surface area contributed by atoms with Gasteiger partial charge in [0, 0.05) is 18.3 Å². The first-order valence-corrected chi connectivity index (χ1v) is 4.44. The standard InChI is InChI=1S/C10H14O2/c1-3-9(2)4-6-10(7-5-9)11-8-12-10/h1H,4-8H2,2H3. The number of ether oxygens (including phenoxy) is 2. The number of hydrogen-bond donors (Lipinski definition) is 0. The molecule has 0 radical (unpaired) electrons. The van der Waals surface area contributed by atoms with Gasteiger partial charge < -0.3 is 9.47 Å². The molecule has 2 aliphatic rings. The van der Waals surface area contributed by atoms with Crippen molar-refractivity contribution in [2.45, 2.75) is 38.4 Å². The van der Waals surface area contributed by atoms with Crippen molar-refractivity contribution in [3.05, 3.63) is 0 Å². The Labute approximate surface area is 73.2 Å². The summed E-state index contributed by atoms with van der Waals surface area (Å²) in [5, 5.41) is 0. The van der Waals surface area contributed by atoms with Crippen molar-refractivity contribution >= 4 is 0 Å². The summed E-state index contributed by atoms with van der Waals surface area (Å²) in [5.74, 6) is 2.62. The summed E-state index contributed by atoms with van der Waals surface area (Å²) in [6.45, 7) is 2.60. The van der Waals surface area contributed by atoms with Crippen LogP contribution in [0.25, 0.3) is 0 Å². The third kappa shape index (κ3) is 1.14.